The molecule has 0 amide bonds. The van der Waals surface area contributed by atoms with Crippen LogP contribution < -0.4 is 0 Å². The van der Waals surface area contributed by atoms with Crippen molar-refractivity contribution in [3.8, 4) is 11.5 Å². The molecule has 0 unspecified atom stereocenters. The first-order valence-corrected chi connectivity index (χ1v) is 5.45. The summed E-state index contributed by atoms with van der Waals surface area (Å²) in [6.45, 7) is 3.72. The average Bonchev–Trinajstić information content (AvgIpc) is 2.82. The maximum Gasteiger partial charge on any atom is 0.153 e. The van der Waals surface area contributed by atoms with Crippen LogP contribution in [0.4, 0.5) is 0 Å². The summed E-state index contributed by atoms with van der Waals surface area (Å²) in [5.74, 6) is 0.787. The van der Waals surface area contributed by atoms with Gasteiger partial charge >= 0.3 is 0 Å². The lowest BCUT2D eigenvalue weighted by molar-refractivity contribution is 0.628. The summed E-state index contributed by atoms with van der Waals surface area (Å²) in [5.41, 5.74) is 2.56. The highest BCUT2D eigenvalue weighted by molar-refractivity contribution is 5.82. The van der Waals surface area contributed by atoms with Crippen molar-refractivity contribution in [3.63, 3.8) is 0 Å². The molecule has 0 saturated heterocycles. The van der Waals surface area contributed by atoms with Crippen LogP contribution in [0.2, 0.25) is 0 Å². The van der Waals surface area contributed by atoms with Crippen LogP contribution in [0, 0.1) is 0 Å². The third-order valence-corrected chi connectivity index (χ3v) is 2.66. The SMILES string of the molecule is C=Cc1cccc(-c2cc3ccccc3o2)n1. The Morgan fingerprint density at radius 3 is 2.76 bits per heavy atom. The van der Waals surface area contributed by atoms with Gasteiger partial charge in [0.25, 0.3) is 0 Å². The molecule has 2 heteroatoms. The number of furan rings is 1. The second-order valence-electron chi connectivity index (χ2n) is 3.80. The van der Waals surface area contributed by atoms with Crippen molar-refractivity contribution in [2.24, 2.45) is 0 Å². The second-order valence-corrected chi connectivity index (χ2v) is 3.80. The van der Waals surface area contributed by atoms with E-state index in [2.05, 4.69) is 11.6 Å². The fourth-order valence-corrected chi connectivity index (χ4v) is 1.81. The topological polar surface area (TPSA) is 26.0 Å². The molecule has 0 atom stereocenters. The number of aromatic nitrogens is 1. The van der Waals surface area contributed by atoms with Gasteiger partial charge in [-0.1, -0.05) is 30.8 Å². The van der Waals surface area contributed by atoms with Crippen LogP contribution in [-0.2, 0) is 0 Å². The zero-order valence-electron chi connectivity index (χ0n) is 9.26. The molecule has 82 valence electrons. The van der Waals surface area contributed by atoms with Crippen LogP contribution in [0.1, 0.15) is 5.69 Å². The average molecular weight is 221 g/mol. The zero-order chi connectivity index (χ0) is 11.7. The molecule has 3 aromatic rings. The van der Waals surface area contributed by atoms with Crippen molar-refractivity contribution in [1.82, 2.24) is 4.98 Å². The molecule has 17 heavy (non-hydrogen) atoms. The summed E-state index contributed by atoms with van der Waals surface area (Å²) in [6, 6.07) is 15.7. The van der Waals surface area contributed by atoms with Crippen molar-refractivity contribution in [2.75, 3.05) is 0 Å². The lowest BCUT2D eigenvalue weighted by Gasteiger charge is -1.97. The van der Waals surface area contributed by atoms with E-state index in [0.29, 0.717) is 0 Å². The van der Waals surface area contributed by atoms with Gasteiger partial charge in [-0.05, 0) is 30.3 Å². The molecule has 2 aromatic heterocycles. The van der Waals surface area contributed by atoms with Gasteiger partial charge in [-0.25, -0.2) is 4.98 Å². The van der Waals surface area contributed by atoms with Crippen molar-refractivity contribution < 1.29 is 4.42 Å². The first kappa shape index (κ1) is 9.85. The highest BCUT2D eigenvalue weighted by atomic mass is 16.3. The van der Waals surface area contributed by atoms with E-state index >= 15 is 0 Å². The van der Waals surface area contributed by atoms with Crippen molar-refractivity contribution >= 4 is 17.0 Å². The van der Waals surface area contributed by atoms with Crippen LogP contribution in [-0.4, -0.2) is 4.98 Å². The summed E-state index contributed by atoms with van der Waals surface area (Å²) in [4.78, 5) is 4.44. The summed E-state index contributed by atoms with van der Waals surface area (Å²) < 4.78 is 5.76. The molecular formula is C15H11NO. The largest absolute Gasteiger partial charge is 0.454 e. The minimum absolute atomic E-state index is 0.787. The van der Waals surface area contributed by atoms with Crippen LogP contribution >= 0.6 is 0 Å². The lowest BCUT2D eigenvalue weighted by Crippen LogP contribution is -1.83. The molecule has 2 nitrogen and oxygen atoms in total. The highest BCUT2D eigenvalue weighted by Crippen LogP contribution is 2.26. The molecule has 0 aliphatic heterocycles. The highest BCUT2D eigenvalue weighted by Gasteiger charge is 2.06. The molecule has 2 heterocycles. The first-order chi connectivity index (χ1) is 8.36. The normalized spacial score (nSPS) is 10.6. The van der Waals surface area contributed by atoms with E-state index in [9.17, 15) is 0 Å². The van der Waals surface area contributed by atoms with Gasteiger partial charge in [0, 0.05) is 5.39 Å². The molecule has 3 rings (SSSR count). The number of hydrogen-bond acceptors (Lipinski definition) is 2. The van der Waals surface area contributed by atoms with Crippen LogP contribution in [0.25, 0.3) is 28.5 Å². The molecular weight excluding hydrogens is 210 g/mol. The molecule has 0 fully saturated rings. The number of para-hydroxylation sites is 1. The van der Waals surface area contributed by atoms with E-state index in [1.165, 1.54) is 0 Å². The van der Waals surface area contributed by atoms with E-state index in [0.717, 1.165) is 28.1 Å². The first-order valence-electron chi connectivity index (χ1n) is 5.45. The number of nitrogens with zero attached hydrogens (tertiary/aromatic N) is 1. The number of fused-ring (bicyclic) bond motifs is 1. The Labute approximate surface area is 99.2 Å². The van der Waals surface area contributed by atoms with Gasteiger partial charge in [0.2, 0.25) is 0 Å². The molecule has 0 saturated carbocycles. The molecule has 1 aromatic carbocycles. The predicted molar refractivity (Wildman–Crippen MR) is 69.5 cm³/mol. The summed E-state index contributed by atoms with van der Waals surface area (Å²) in [5, 5.41) is 1.09. The van der Waals surface area contributed by atoms with E-state index in [1.54, 1.807) is 6.08 Å². The van der Waals surface area contributed by atoms with Gasteiger partial charge in [-0.3, -0.25) is 0 Å². The number of benzene rings is 1. The minimum atomic E-state index is 0.787. The Hall–Kier alpha value is -2.35. The quantitative estimate of drug-likeness (QED) is 0.650. The Balaban J connectivity index is 2.16. The molecule has 0 spiro atoms. The van der Waals surface area contributed by atoms with Gasteiger partial charge in [-0.2, -0.15) is 0 Å². The Morgan fingerprint density at radius 2 is 1.94 bits per heavy atom. The van der Waals surface area contributed by atoms with Gasteiger partial charge < -0.3 is 4.42 Å². The van der Waals surface area contributed by atoms with Crippen LogP contribution in [0.3, 0.4) is 0 Å². The summed E-state index contributed by atoms with van der Waals surface area (Å²) in [6.07, 6.45) is 1.73. The molecule has 0 bridgehead atoms. The number of hydrogen-bond donors (Lipinski definition) is 0. The Kier molecular flexibility index (Phi) is 2.26. The van der Waals surface area contributed by atoms with Crippen LogP contribution in [0.5, 0.6) is 0 Å². The fraction of sp³-hybridized carbons (Fsp3) is 0. The predicted octanol–water partition coefficient (Wildman–Crippen LogP) is 4.14. The minimum Gasteiger partial charge on any atom is -0.454 e. The molecule has 0 radical (unpaired) electrons. The molecule has 0 aliphatic carbocycles. The second kappa shape index (κ2) is 3.91. The Morgan fingerprint density at radius 1 is 1.06 bits per heavy atom. The van der Waals surface area contributed by atoms with Gasteiger partial charge in [0.15, 0.2) is 5.76 Å². The van der Waals surface area contributed by atoms with E-state index < -0.39 is 0 Å². The van der Waals surface area contributed by atoms with E-state index in [4.69, 9.17) is 4.42 Å². The third-order valence-electron chi connectivity index (χ3n) is 2.66. The van der Waals surface area contributed by atoms with Crippen molar-refractivity contribution in [2.45, 2.75) is 0 Å². The summed E-state index contributed by atoms with van der Waals surface area (Å²) in [7, 11) is 0. The monoisotopic (exact) mass is 221 g/mol. The summed E-state index contributed by atoms with van der Waals surface area (Å²) >= 11 is 0. The van der Waals surface area contributed by atoms with Crippen LogP contribution in [0.15, 0.2) is 59.5 Å². The van der Waals surface area contributed by atoms with Crippen molar-refractivity contribution in [3.05, 3.63) is 60.8 Å². The number of rotatable bonds is 2. The van der Waals surface area contributed by atoms with Crippen molar-refractivity contribution in [1.29, 1.82) is 0 Å². The maximum absolute atomic E-state index is 5.76. The standard InChI is InChI=1S/C15H11NO/c1-2-12-7-5-8-13(16-12)15-10-11-6-3-4-9-14(11)17-15/h2-10H,1H2. The lowest BCUT2D eigenvalue weighted by atomic mass is 10.2. The molecule has 0 aliphatic rings. The van der Waals surface area contributed by atoms with Gasteiger partial charge in [0.05, 0.1) is 5.69 Å². The van der Waals surface area contributed by atoms with Gasteiger partial charge in [-0.15, -0.1) is 0 Å². The zero-order valence-corrected chi connectivity index (χ0v) is 9.26. The fourth-order valence-electron chi connectivity index (χ4n) is 1.81. The van der Waals surface area contributed by atoms with E-state index in [-0.39, 0.29) is 0 Å². The third kappa shape index (κ3) is 1.74. The maximum atomic E-state index is 5.76. The number of pyridine rings is 1. The molecule has 0 N–H and O–H groups in total. The smallest absolute Gasteiger partial charge is 0.153 e. The Bertz CT molecular complexity index is 649. The van der Waals surface area contributed by atoms with E-state index in [1.807, 2.05) is 48.5 Å². The van der Waals surface area contributed by atoms with Gasteiger partial charge in [0.1, 0.15) is 11.3 Å².